The number of thiazole rings is 1. The summed E-state index contributed by atoms with van der Waals surface area (Å²) in [6.07, 6.45) is 1.66. The van der Waals surface area contributed by atoms with Crippen LogP contribution in [0.2, 0.25) is 0 Å². The summed E-state index contributed by atoms with van der Waals surface area (Å²) in [5.41, 5.74) is 2.58. The van der Waals surface area contributed by atoms with Crippen molar-refractivity contribution in [3.63, 3.8) is 0 Å². The van der Waals surface area contributed by atoms with Crippen LogP contribution in [0.4, 0.5) is 0 Å². The Morgan fingerprint density at radius 2 is 2.26 bits per heavy atom. The number of aromatic nitrogens is 2. The zero-order valence-electron chi connectivity index (χ0n) is 12.7. The number of ether oxygens (including phenoxy) is 1. The van der Waals surface area contributed by atoms with E-state index in [0.29, 0.717) is 33.3 Å². The number of pyridine rings is 1. The van der Waals surface area contributed by atoms with Crippen LogP contribution in [0.3, 0.4) is 0 Å². The third-order valence-electron chi connectivity index (χ3n) is 3.33. The van der Waals surface area contributed by atoms with Gasteiger partial charge in [0.05, 0.1) is 23.4 Å². The number of nitrogens with zero attached hydrogens (tertiary/aromatic N) is 3. The van der Waals surface area contributed by atoms with Crippen molar-refractivity contribution in [1.29, 1.82) is 5.26 Å². The summed E-state index contributed by atoms with van der Waals surface area (Å²) in [6, 6.07) is 9.57. The van der Waals surface area contributed by atoms with Crippen LogP contribution in [-0.2, 0) is 4.74 Å². The molecule has 0 bridgehead atoms. The molecule has 3 rings (SSSR count). The van der Waals surface area contributed by atoms with Crippen LogP contribution < -0.4 is 0 Å². The normalized spacial score (nSPS) is 10.5. The number of hydrogen-bond donors (Lipinski definition) is 0. The lowest BCUT2D eigenvalue weighted by Crippen LogP contribution is -2.03. The van der Waals surface area contributed by atoms with E-state index in [0.717, 1.165) is 10.9 Å². The maximum atomic E-state index is 11.9. The number of benzene rings is 1. The van der Waals surface area contributed by atoms with Crippen molar-refractivity contribution < 1.29 is 9.53 Å². The first kappa shape index (κ1) is 15.1. The molecule has 2 heterocycles. The summed E-state index contributed by atoms with van der Waals surface area (Å²) in [4.78, 5) is 21.1. The molecule has 0 aliphatic heterocycles. The Bertz CT molecular complexity index is 941. The summed E-state index contributed by atoms with van der Waals surface area (Å²) in [7, 11) is 0. The number of carbonyl (C=O) groups is 1. The maximum absolute atomic E-state index is 11.9. The first-order valence-corrected chi connectivity index (χ1v) is 7.89. The topological polar surface area (TPSA) is 75.9 Å². The number of carbonyl (C=O) groups excluding carboxylic acids is 1. The van der Waals surface area contributed by atoms with Gasteiger partial charge in [0.1, 0.15) is 16.0 Å². The molecule has 0 amide bonds. The van der Waals surface area contributed by atoms with Gasteiger partial charge >= 0.3 is 5.97 Å². The summed E-state index contributed by atoms with van der Waals surface area (Å²) in [5, 5.41) is 10.9. The molecule has 0 fully saturated rings. The van der Waals surface area contributed by atoms with Gasteiger partial charge in [-0.25, -0.2) is 9.78 Å². The molecule has 0 aliphatic rings. The van der Waals surface area contributed by atoms with Crippen molar-refractivity contribution in [1.82, 2.24) is 9.97 Å². The third-order valence-corrected chi connectivity index (χ3v) is 4.52. The third kappa shape index (κ3) is 2.79. The Balaban J connectivity index is 2.13. The highest BCUT2D eigenvalue weighted by Gasteiger charge is 2.18. The van der Waals surface area contributed by atoms with E-state index in [9.17, 15) is 10.1 Å². The molecule has 0 aliphatic carbocycles. The lowest BCUT2D eigenvalue weighted by molar-refractivity contribution is 0.0531. The number of fused-ring (bicyclic) bond motifs is 1. The lowest BCUT2D eigenvalue weighted by atomic mass is 10.1. The Labute approximate surface area is 137 Å². The van der Waals surface area contributed by atoms with Crippen molar-refractivity contribution >= 4 is 28.2 Å². The summed E-state index contributed by atoms with van der Waals surface area (Å²) < 4.78 is 5.04. The Morgan fingerprint density at radius 3 is 3.00 bits per heavy atom. The van der Waals surface area contributed by atoms with Gasteiger partial charge in [-0.1, -0.05) is 6.07 Å². The highest BCUT2D eigenvalue weighted by molar-refractivity contribution is 7.17. The second-order valence-corrected chi connectivity index (χ2v) is 5.86. The van der Waals surface area contributed by atoms with Crippen molar-refractivity contribution in [2.24, 2.45) is 0 Å². The van der Waals surface area contributed by atoms with Crippen molar-refractivity contribution in [2.45, 2.75) is 13.8 Å². The average molecular weight is 323 g/mol. The van der Waals surface area contributed by atoms with Gasteiger partial charge in [-0.05, 0) is 32.0 Å². The minimum atomic E-state index is -0.364. The van der Waals surface area contributed by atoms with E-state index in [2.05, 4.69) is 16.0 Å². The van der Waals surface area contributed by atoms with Crippen LogP contribution >= 0.6 is 11.3 Å². The van der Waals surface area contributed by atoms with E-state index < -0.39 is 0 Å². The Kier molecular flexibility index (Phi) is 4.04. The van der Waals surface area contributed by atoms with Gasteiger partial charge in [-0.15, -0.1) is 11.3 Å². The molecular formula is C17H13N3O2S. The molecule has 5 nitrogen and oxygen atoms in total. The van der Waals surface area contributed by atoms with E-state index in [1.807, 2.05) is 18.2 Å². The maximum Gasteiger partial charge on any atom is 0.350 e. The summed E-state index contributed by atoms with van der Waals surface area (Å²) >= 11 is 1.27. The molecule has 0 saturated carbocycles. The average Bonchev–Trinajstić information content (AvgIpc) is 2.96. The summed E-state index contributed by atoms with van der Waals surface area (Å²) in [6.45, 7) is 3.87. The van der Waals surface area contributed by atoms with Gasteiger partial charge in [0.15, 0.2) is 0 Å². The van der Waals surface area contributed by atoms with Gasteiger partial charge in [-0.3, -0.25) is 4.98 Å². The van der Waals surface area contributed by atoms with E-state index in [1.54, 1.807) is 26.1 Å². The van der Waals surface area contributed by atoms with Gasteiger partial charge in [0.25, 0.3) is 0 Å². The fraction of sp³-hybridized carbons (Fsp3) is 0.176. The zero-order chi connectivity index (χ0) is 16.4. The standard InChI is InChI=1S/C17H13N3O2S/c1-3-22-17(21)15-10(2)20-16(23-15)12-7-11-5-4-6-19-14(11)13(8-12)9-18/h4-8H,3H2,1-2H3. The molecule has 3 aromatic rings. The largest absolute Gasteiger partial charge is 0.462 e. The number of aryl methyl sites for hydroxylation is 1. The molecule has 2 aromatic heterocycles. The second kappa shape index (κ2) is 6.15. The minimum absolute atomic E-state index is 0.325. The number of esters is 1. The van der Waals surface area contributed by atoms with Crippen LogP contribution in [0.5, 0.6) is 0 Å². The highest BCUT2D eigenvalue weighted by atomic mass is 32.1. The molecule has 0 saturated heterocycles. The second-order valence-electron chi connectivity index (χ2n) is 4.86. The van der Waals surface area contributed by atoms with Crippen molar-refractivity contribution in [3.05, 3.63) is 46.6 Å². The first-order chi connectivity index (χ1) is 11.1. The molecular weight excluding hydrogens is 310 g/mol. The minimum Gasteiger partial charge on any atom is -0.462 e. The Morgan fingerprint density at radius 1 is 1.43 bits per heavy atom. The van der Waals surface area contributed by atoms with Crippen molar-refractivity contribution in [3.8, 4) is 16.6 Å². The molecule has 114 valence electrons. The predicted octanol–water partition coefficient (Wildman–Crippen LogP) is 3.72. The fourth-order valence-corrected chi connectivity index (χ4v) is 3.25. The molecule has 0 atom stereocenters. The van der Waals surface area contributed by atoms with Gasteiger partial charge in [-0.2, -0.15) is 5.26 Å². The van der Waals surface area contributed by atoms with Crippen LogP contribution in [0.15, 0.2) is 30.5 Å². The molecule has 6 heteroatoms. The predicted molar refractivity (Wildman–Crippen MR) is 88.3 cm³/mol. The quantitative estimate of drug-likeness (QED) is 0.687. The first-order valence-electron chi connectivity index (χ1n) is 7.07. The van der Waals surface area contributed by atoms with Crippen molar-refractivity contribution in [2.75, 3.05) is 6.61 Å². The molecule has 1 aromatic carbocycles. The van der Waals surface area contributed by atoms with Gasteiger partial charge in [0.2, 0.25) is 0 Å². The number of hydrogen-bond acceptors (Lipinski definition) is 6. The van der Waals surface area contributed by atoms with E-state index >= 15 is 0 Å². The van der Waals surface area contributed by atoms with Crippen LogP contribution in [0.25, 0.3) is 21.5 Å². The van der Waals surface area contributed by atoms with Crippen LogP contribution in [0, 0.1) is 18.3 Å². The van der Waals surface area contributed by atoms with Crippen LogP contribution in [0.1, 0.15) is 27.9 Å². The van der Waals surface area contributed by atoms with E-state index in [1.165, 1.54) is 11.3 Å². The number of nitriles is 1. The molecule has 0 radical (unpaired) electrons. The molecule has 0 unspecified atom stereocenters. The lowest BCUT2D eigenvalue weighted by Gasteiger charge is -2.02. The molecule has 0 spiro atoms. The van der Waals surface area contributed by atoms with Crippen LogP contribution in [-0.4, -0.2) is 22.5 Å². The van der Waals surface area contributed by atoms with Gasteiger partial charge < -0.3 is 4.74 Å². The SMILES string of the molecule is CCOC(=O)c1sc(-c2cc(C#N)c3ncccc3c2)nc1C. The van der Waals surface area contributed by atoms with E-state index in [4.69, 9.17) is 4.74 Å². The molecule has 23 heavy (non-hydrogen) atoms. The number of rotatable bonds is 3. The summed E-state index contributed by atoms with van der Waals surface area (Å²) in [5.74, 6) is -0.364. The van der Waals surface area contributed by atoms with E-state index in [-0.39, 0.29) is 5.97 Å². The molecule has 0 N–H and O–H groups in total. The fourth-order valence-electron chi connectivity index (χ4n) is 2.31. The Hall–Kier alpha value is -2.78. The zero-order valence-corrected chi connectivity index (χ0v) is 13.5. The highest BCUT2D eigenvalue weighted by Crippen LogP contribution is 2.31. The smallest absolute Gasteiger partial charge is 0.350 e. The van der Waals surface area contributed by atoms with Gasteiger partial charge in [0, 0.05) is 17.1 Å². The monoisotopic (exact) mass is 323 g/mol.